The van der Waals surface area contributed by atoms with Gasteiger partial charge in [0.15, 0.2) is 22.4 Å². The number of carbonyl (C=O) groups excluding carboxylic acids is 1. The van der Waals surface area contributed by atoms with Gasteiger partial charge in [-0.05, 0) is 28.5 Å². The van der Waals surface area contributed by atoms with Gasteiger partial charge in [0, 0.05) is 19.2 Å². The Morgan fingerprint density at radius 3 is 2.52 bits per heavy atom. The second kappa shape index (κ2) is 8.27. The minimum atomic E-state index is -3.10. The highest BCUT2D eigenvalue weighted by molar-refractivity contribution is 6.08. The second-order valence-electron chi connectivity index (χ2n) is 7.15. The van der Waals surface area contributed by atoms with Gasteiger partial charge in [0.05, 0.1) is 24.6 Å². The van der Waals surface area contributed by atoms with E-state index < -0.39 is 30.1 Å². The highest BCUT2D eigenvalue weighted by atomic mass is 19.3. The van der Waals surface area contributed by atoms with Crippen LogP contribution >= 0.6 is 0 Å². The van der Waals surface area contributed by atoms with Gasteiger partial charge in [0.25, 0.3) is 18.8 Å². The summed E-state index contributed by atoms with van der Waals surface area (Å²) in [4.78, 5) is 18.4. The summed E-state index contributed by atoms with van der Waals surface area (Å²) in [6.07, 6.45) is -6.16. The third kappa shape index (κ3) is 3.82. The molecule has 33 heavy (non-hydrogen) atoms. The Kier molecular flexibility index (Phi) is 5.28. The minimum absolute atomic E-state index is 0.251. The summed E-state index contributed by atoms with van der Waals surface area (Å²) < 4.78 is 63.6. The molecule has 4 heterocycles. The summed E-state index contributed by atoms with van der Waals surface area (Å²) >= 11 is 0. The normalized spacial score (nSPS) is 14.7. The summed E-state index contributed by atoms with van der Waals surface area (Å²) in [6, 6.07) is 4.95. The molecule has 1 aromatic carbocycles. The van der Waals surface area contributed by atoms with E-state index >= 15 is 0 Å². The molecular formula is C19H15F4N7O3. The quantitative estimate of drug-likeness (QED) is 0.448. The molecule has 1 aliphatic rings. The number of fused-ring (bicyclic) bond motifs is 2. The predicted octanol–water partition coefficient (Wildman–Crippen LogP) is 3.23. The number of carbonyl (C=O) groups is 1. The predicted molar refractivity (Wildman–Crippen MR) is 106 cm³/mol. The number of aromatic nitrogens is 5. The largest absolute Gasteiger partial charge is 0.378 e. The molecule has 10 nitrogen and oxygen atoms in total. The Balaban J connectivity index is 1.47. The maximum atomic E-state index is 13.4. The van der Waals surface area contributed by atoms with E-state index in [9.17, 15) is 22.4 Å². The standard InChI is InChI=1S/C19H15F4N7O3/c20-17(21)10-7-13(18(22)23)30-14(24-10)8-11(26-30)19(31)25-9-1-2-12(16-15(9)27-33-28-16)29-3-5-32-6-4-29/h1-2,7-8,17-18H,3-6H2,(H,25,31). The number of nitrogens with one attached hydrogen (secondary N) is 1. The molecule has 0 unspecified atom stereocenters. The lowest BCUT2D eigenvalue weighted by Crippen LogP contribution is -2.36. The number of anilines is 2. The van der Waals surface area contributed by atoms with Crippen LogP contribution in [0.2, 0.25) is 0 Å². The van der Waals surface area contributed by atoms with Crippen LogP contribution < -0.4 is 10.2 Å². The van der Waals surface area contributed by atoms with Gasteiger partial charge in [-0.2, -0.15) is 5.10 Å². The van der Waals surface area contributed by atoms with Crippen LogP contribution in [0.15, 0.2) is 28.9 Å². The smallest absolute Gasteiger partial charge is 0.280 e. The van der Waals surface area contributed by atoms with E-state index in [1.54, 1.807) is 12.1 Å². The van der Waals surface area contributed by atoms with E-state index in [1.807, 2.05) is 4.90 Å². The van der Waals surface area contributed by atoms with Gasteiger partial charge in [0.2, 0.25) is 0 Å². The van der Waals surface area contributed by atoms with Crippen molar-refractivity contribution in [3.63, 3.8) is 0 Å². The van der Waals surface area contributed by atoms with Crippen molar-refractivity contribution in [2.75, 3.05) is 36.5 Å². The average molecular weight is 465 g/mol. The SMILES string of the molecule is O=C(Nc1ccc(N2CCOCC2)c2nonc12)c1cc2nc(C(F)F)cc(C(F)F)n2n1. The summed E-state index contributed by atoms with van der Waals surface area (Å²) in [5.41, 5.74) is -0.519. The first-order valence-electron chi connectivity index (χ1n) is 9.78. The molecule has 1 aliphatic heterocycles. The van der Waals surface area contributed by atoms with Crippen LogP contribution in [0.1, 0.15) is 34.7 Å². The third-order valence-corrected chi connectivity index (χ3v) is 5.15. The number of rotatable bonds is 5. The van der Waals surface area contributed by atoms with Crippen molar-refractivity contribution in [3.8, 4) is 0 Å². The van der Waals surface area contributed by atoms with Crippen LogP contribution in [0, 0.1) is 0 Å². The highest BCUT2D eigenvalue weighted by Crippen LogP contribution is 2.31. The number of morpholine rings is 1. The van der Waals surface area contributed by atoms with Crippen molar-refractivity contribution in [1.29, 1.82) is 0 Å². The van der Waals surface area contributed by atoms with E-state index in [1.165, 1.54) is 0 Å². The van der Waals surface area contributed by atoms with Gasteiger partial charge in [-0.3, -0.25) is 4.79 Å². The van der Waals surface area contributed by atoms with E-state index in [-0.39, 0.29) is 22.5 Å². The van der Waals surface area contributed by atoms with Gasteiger partial charge in [-0.25, -0.2) is 31.7 Å². The van der Waals surface area contributed by atoms with Crippen LogP contribution in [0.5, 0.6) is 0 Å². The molecule has 1 saturated heterocycles. The molecule has 0 saturated carbocycles. The lowest BCUT2D eigenvalue weighted by atomic mass is 10.2. The molecule has 1 fully saturated rings. The molecule has 0 bridgehead atoms. The van der Waals surface area contributed by atoms with Crippen LogP contribution in [0.3, 0.4) is 0 Å². The van der Waals surface area contributed by atoms with Crippen molar-refractivity contribution in [1.82, 2.24) is 24.9 Å². The number of ether oxygens (including phenoxy) is 1. The molecule has 1 N–H and O–H groups in total. The summed E-state index contributed by atoms with van der Waals surface area (Å²) in [6.45, 7) is 2.41. The number of hydrogen-bond donors (Lipinski definition) is 1. The maximum absolute atomic E-state index is 13.4. The Morgan fingerprint density at radius 2 is 1.79 bits per heavy atom. The van der Waals surface area contributed by atoms with Crippen molar-refractivity contribution >= 4 is 34.0 Å². The van der Waals surface area contributed by atoms with Gasteiger partial charge >= 0.3 is 0 Å². The number of nitrogens with zero attached hydrogens (tertiary/aromatic N) is 6. The molecule has 1 amide bonds. The van der Waals surface area contributed by atoms with Crippen molar-refractivity contribution in [3.05, 3.63) is 41.3 Å². The van der Waals surface area contributed by atoms with Gasteiger partial charge in [0.1, 0.15) is 11.4 Å². The van der Waals surface area contributed by atoms with Crippen molar-refractivity contribution < 1.29 is 31.7 Å². The van der Waals surface area contributed by atoms with Gasteiger partial charge < -0.3 is 15.0 Å². The van der Waals surface area contributed by atoms with Crippen LogP contribution in [-0.4, -0.2) is 57.1 Å². The van der Waals surface area contributed by atoms with Crippen molar-refractivity contribution in [2.24, 2.45) is 0 Å². The average Bonchev–Trinajstić information content (AvgIpc) is 3.46. The number of hydrogen-bond acceptors (Lipinski definition) is 8. The van der Waals surface area contributed by atoms with E-state index in [0.29, 0.717) is 42.4 Å². The number of halogens is 4. The molecule has 172 valence electrons. The fourth-order valence-electron chi connectivity index (χ4n) is 3.60. The van der Waals surface area contributed by atoms with Gasteiger partial charge in [-0.1, -0.05) is 0 Å². The zero-order valence-corrected chi connectivity index (χ0v) is 16.7. The van der Waals surface area contributed by atoms with Crippen LogP contribution in [-0.2, 0) is 4.74 Å². The van der Waals surface area contributed by atoms with Crippen LogP contribution in [0.4, 0.5) is 28.9 Å². The Bertz CT molecular complexity index is 1330. The summed E-state index contributed by atoms with van der Waals surface area (Å²) in [5, 5.41) is 14.2. The highest BCUT2D eigenvalue weighted by Gasteiger charge is 2.24. The lowest BCUT2D eigenvalue weighted by Gasteiger charge is -2.28. The monoisotopic (exact) mass is 465 g/mol. The summed E-state index contributed by atoms with van der Waals surface area (Å²) in [5.74, 6) is -0.775. The van der Waals surface area contributed by atoms with E-state index in [0.717, 1.165) is 11.8 Å². The van der Waals surface area contributed by atoms with Crippen LogP contribution in [0.25, 0.3) is 16.7 Å². The number of amides is 1. The van der Waals surface area contributed by atoms with E-state index in [2.05, 4.69) is 25.7 Å². The second-order valence-corrected chi connectivity index (χ2v) is 7.15. The molecule has 0 spiro atoms. The lowest BCUT2D eigenvalue weighted by molar-refractivity contribution is 0.102. The third-order valence-electron chi connectivity index (χ3n) is 5.15. The Hall–Kier alpha value is -3.81. The Morgan fingerprint density at radius 1 is 1.03 bits per heavy atom. The van der Waals surface area contributed by atoms with Crippen molar-refractivity contribution in [2.45, 2.75) is 12.9 Å². The van der Waals surface area contributed by atoms with Gasteiger partial charge in [-0.15, -0.1) is 0 Å². The molecule has 0 aliphatic carbocycles. The molecule has 14 heteroatoms. The van der Waals surface area contributed by atoms with E-state index in [4.69, 9.17) is 9.37 Å². The topological polar surface area (TPSA) is 111 Å². The number of alkyl halides is 4. The molecule has 0 radical (unpaired) electrons. The molecule has 5 rings (SSSR count). The minimum Gasteiger partial charge on any atom is -0.378 e. The first-order valence-corrected chi connectivity index (χ1v) is 9.78. The zero-order chi connectivity index (χ0) is 23.1. The molecule has 3 aromatic heterocycles. The molecular weight excluding hydrogens is 450 g/mol. The molecule has 0 atom stereocenters. The first kappa shape index (κ1) is 21.1. The fourth-order valence-corrected chi connectivity index (χ4v) is 3.60. The fraction of sp³-hybridized carbons (Fsp3) is 0.316. The first-order chi connectivity index (χ1) is 15.9. The summed E-state index contributed by atoms with van der Waals surface area (Å²) in [7, 11) is 0. The Labute approximate surface area is 182 Å². The zero-order valence-electron chi connectivity index (χ0n) is 16.7. The number of benzene rings is 1. The molecule has 4 aromatic rings. The maximum Gasteiger partial charge on any atom is 0.280 e.